The number of nitriles is 1. The molecule has 0 unspecified atom stereocenters. The van der Waals surface area contributed by atoms with Crippen LogP contribution in [0.4, 0.5) is 0 Å². The molecule has 1 heterocycles. The van der Waals surface area contributed by atoms with Gasteiger partial charge in [-0.3, -0.25) is 0 Å². The molecule has 0 amide bonds. The number of carbonyl (C=O) groups is 1. The Morgan fingerprint density at radius 2 is 1.66 bits per heavy atom. The number of hydrogen-bond acceptors (Lipinski definition) is 8. The minimum Gasteiger partial charge on any atom is -0.515 e. The van der Waals surface area contributed by atoms with Crippen LogP contribution in [0.1, 0.15) is 11.1 Å². The van der Waals surface area contributed by atoms with Gasteiger partial charge in [0.25, 0.3) is 0 Å². The second-order valence-corrected chi connectivity index (χ2v) is 5.54. The van der Waals surface area contributed by atoms with Crippen LogP contribution >= 0.6 is 0 Å². The summed E-state index contributed by atoms with van der Waals surface area (Å²) < 4.78 is 16.1. The van der Waals surface area contributed by atoms with Gasteiger partial charge in [0, 0.05) is 5.56 Å². The van der Waals surface area contributed by atoms with Gasteiger partial charge in [-0.1, -0.05) is 30.3 Å². The average Bonchev–Trinajstić information content (AvgIpc) is 2.76. The molecular formula is C21H15N3O5. The Morgan fingerprint density at radius 3 is 2.31 bits per heavy atom. The van der Waals surface area contributed by atoms with Crippen molar-refractivity contribution in [2.45, 2.75) is 0 Å². The maximum atomic E-state index is 11.9. The molecule has 144 valence electrons. The van der Waals surface area contributed by atoms with Crippen LogP contribution in [0.3, 0.4) is 0 Å². The highest BCUT2D eigenvalue weighted by Gasteiger charge is 2.18. The number of rotatable bonds is 6. The zero-order chi connectivity index (χ0) is 20.6. The third-order valence-corrected chi connectivity index (χ3v) is 3.77. The van der Waals surface area contributed by atoms with E-state index in [0.717, 1.165) is 0 Å². The van der Waals surface area contributed by atoms with Gasteiger partial charge in [0.1, 0.15) is 29.5 Å². The first kappa shape index (κ1) is 19.4. The number of methoxy groups -OCH3 is 1. The predicted octanol–water partition coefficient (Wildman–Crippen LogP) is 4.00. The largest absolute Gasteiger partial charge is 0.515 e. The lowest BCUT2D eigenvalue weighted by Gasteiger charge is -2.12. The highest BCUT2D eigenvalue weighted by molar-refractivity contribution is 6.16. The van der Waals surface area contributed by atoms with Crippen molar-refractivity contribution in [3.05, 3.63) is 78.3 Å². The molecule has 8 heteroatoms. The third kappa shape index (κ3) is 4.48. The number of ether oxygens (including phenoxy) is 3. The fourth-order valence-corrected chi connectivity index (χ4v) is 2.43. The molecule has 0 bridgehead atoms. The van der Waals surface area contributed by atoms with E-state index >= 15 is 0 Å². The Kier molecular flexibility index (Phi) is 6.02. The molecule has 0 atom stereocenters. The number of benzene rings is 2. The molecule has 0 saturated carbocycles. The molecule has 29 heavy (non-hydrogen) atoms. The van der Waals surface area contributed by atoms with Gasteiger partial charge in [-0.25, -0.2) is 14.8 Å². The summed E-state index contributed by atoms with van der Waals surface area (Å²) in [6, 6.07) is 16.8. The van der Waals surface area contributed by atoms with Crippen molar-refractivity contribution in [2.75, 3.05) is 7.11 Å². The van der Waals surface area contributed by atoms with Gasteiger partial charge in [-0.2, -0.15) is 5.26 Å². The highest BCUT2D eigenvalue weighted by Crippen LogP contribution is 2.31. The number of aliphatic hydroxyl groups excluding tert-OH is 1. The number of carbonyl (C=O) groups excluding carboxylic acids is 1. The van der Waals surface area contributed by atoms with E-state index in [1.54, 1.807) is 48.5 Å². The molecule has 8 nitrogen and oxygen atoms in total. The number of aromatic nitrogens is 2. The summed E-state index contributed by atoms with van der Waals surface area (Å²) >= 11 is 0. The molecule has 0 aliphatic heterocycles. The molecule has 0 spiro atoms. The number of nitrogens with zero attached hydrogens (tertiary/aromatic N) is 3. The minimum atomic E-state index is -0.719. The zero-order valence-electron chi connectivity index (χ0n) is 15.3. The van der Waals surface area contributed by atoms with Crippen LogP contribution in [0, 0.1) is 11.3 Å². The van der Waals surface area contributed by atoms with Crippen molar-refractivity contribution in [3.63, 3.8) is 0 Å². The lowest BCUT2D eigenvalue weighted by atomic mass is 10.1. The van der Waals surface area contributed by atoms with E-state index in [-0.39, 0.29) is 23.1 Å². The van der Waals surface area contributed by atoms with Gasteiger partial charge >= 0.3 is 5.97 Å². The predicted molar refractivity (Wildman–Crippen MR) is 102 cm³/mol. The van der Waals surface area contributed by atoms with E-state index < -0.39 is 5.97 Å². The van der Waals surface area contributed by atoms with Crippen LogP contribution in [-0.2, 0) is 9.53 Å². The molecule has 0 radical (unpaired) electrons. The topological polar surface area (TPSA) is 115 Å². The summed E-state index contributed by atoms with van der Waals surface area (Å²) in [6.07, 6.45) is 1.90. The number of hydrogen-bond donors (Lipinski definition) is 1. The monoisotopic (exact) mass is 389 g/mol. The summed E-state index contributed by atoms with van der Waals surface area (Å²) in [7, 11) is 1.21. The van der Waals surface area contributed by atoms with Crippen LogP contribution in [0.25, 0.3) is 5.57 Å². The lowest BCUT2D eigenvalue weighted by molar-refractivity contribution is -0.133. The Bertz CT molecular complexity index is 1110. The lowest BCUT2D eigenvalue weighted by Crippen LogP contribution is -2.05. The van der Waals surface area contributed by atoms with E-state index in [2.05, 4.69) is 14.7 Å². The van der Waals surface area contributed by atoms with Gasteiger partial charge in [0.2, 0.25) is 11.8 Å². The van der Waals surface area contributed by atoms with Crippen LogP contribution < -0.4 is 9.47 Å². The van der Waals surface area contributed by atoms with Gasteiger partial charge in [-0.15, -0.1) is 0 Å². The molecule has 3 rings (SSSR count). The van der Waals surface area contributed by atoms with Gasteiger partial charge in [0.15, 0.2) is 0 Å². The summed E-state index contributed by atoms with van der Waals surface area (Å²) in [5, 5.41) is 18.6. The van der Waals surface area contributed by atoms with Crippen LogP contribution in [0.2, 0.25) is 0 Å². The average molecular weight is 389 g/mol. The first-order valence-electron chi connectivity index (χ1n) is 8.35. The van der Waals surface area contributed by atoms with Crippen molar-refractivity contribution in [3.8, 4) is 29.3 Å². The van der Waals surface area contributed by atoms with Crippen LogP contribution in [-0.4, -0.2) is 28.2 Å². The molecule has 2 aromatic carbocycles. The van der Waals surface area contributed by atoms with Crippen LogP contribution in [0.5, 0.6) is 23.3 Å². The fourth-order valence-electron chi connectivity index (χ4n) is 2.43. The van der Waals surface area contributed by atoms with Gasteiger partial charge in [0.05, 0.1) is 25.0 Å². The SMILES string of the molecule is COC(=O)/C(=C/O)c1ccccc1Oc1cc(Oc2ccccc2C#N)ncn1. The maximum Gasteiger partial charge on any atom is 0.341 e. The molecule has 0 fully saturated rings. The summed E-state index contributed by atoms with van der Waals surface area (Å²) in [5.74, 6) is 0.194. The number of para-hydroxylation sites is 2. The Labute approximate surface area is 166 Å². The molecule has 0 saturated heterocycles. The maximum absolute atomic E-state index is 11.9. The van der Waals surface area contributed by atoms with Crippen molar-refractivity contribution in [2.24, 2.45) is 0 Å². The Hall–Kier alpha value is -4.38. The van der Waals surface area contributed by atoms with Crippen molar-refractivity contribution >= 4 is 11.5 Å². The van der Waals surface area contributed by atoms with Crippen LogP contribution in [0.15, 0.2) is 67.2 Å². The number of esters is 1. The summed E-state index contributed by atoms with van der Waals surface area (Å²) in [4.78, 5) is 19.9. The van der Waals surface area contributed by atoms with E-state index in [1.165, 1.54) is 19.5 Å². The molecule has 0 aliphatic rings. The Balaban J connectivity index is 1.89. The molecule has 3 aromatic rings. The van der Waals surface area contributed by atoms with Crippen molar-refractivity contribution in [1.82, 2.24) is 9.97 Å². The molecule has 0 aliphatic carbocycles. The zero-order valence-corrected chi connectivity index (χ0v) is 15.3. The van der Waals surface area contributed by atoms with Crippen molar-refractivity contribution < 1.29 is 24.1 Å². The second-order valence-electron chi connectivity index (χ2n) is 5.54. The van der Waals surface area contributed by atoms with E-state index in [1.807, 2.05) is 6.07 Å². The third-order valence-electron chi connectivity index (χ3n) is 3.77. The molecule has 1 N–H and O–H groups in total. The summed E-state index contributed by atoms with van der Waals surface area (Å²) in [6.45, 7) is 0. The van der Waals surface area contributed by atoms with Gasteiger partial charge < -0.3 is 19.3 Å². The summed E-state index contributed by atoms with van der Waals surface area (Å²) in [5.41, 5.74) is 0.601. The van der Waals surface area contributed by atoms with E-state index in [0.29, 0.717) is 23.1 Å². The normalized spacial score (nSPS) is 10.7. The Morgan fingerprint density at radius 1 is 1.03 bits per heavy atom. The smallest absolute Gasteiger partial charge is 0.341 e. The first-order chi connectivity index (χ1) is 14.2. The van der Waals surface area contributed by atoms with Gasteiger partial charge in [-0.05, 0) is 18.2 Å². The fraction of sp³-hybridized carbons (Fsp3) is 0.0476. The first-order valence-corrected chi connectivity index (χ1v) is 8.35. The quantitative estimate of drug-likeness (QED) is 0.382. The standard InChI is InChI=1S/C21H15N3O5/c1-27-21(26)16(12-25)15-7-3-5-9-18(15)29-20-10-19(23-13-24-20)28-17-8-4-2-6-14(17)11-22/h2-10,12-13,25H,1H3/b16-12+. The second kappa shape index (κ2) is 9.01. The minimum absolute atomic E-state index is 0.0726. The van der Waals surface area contributed by atoms with E-state index in [4.69, 9.17) is 14.7 Å². The molecule has 1 aromatic heterocycles. The highest BCUT2D eigenvalue weighted by atomic mass is 16.5. The van der Waals surface area contributed by atoms with Crippen molar-refractivity contribution in [1.29, 1.82) is 5.26 Å². The van der Waals surface area contributed by atoms with E-state index in [9.17, 15) is 9.90 Å². The number of aliphatic hydroxyl groups is 1. The molecular weight excluding hydrogens is 374 g/mol.